The maximum Gasteiger partial charge on any atom is 0.195 e. The largest absolute Gasteiger partial charge is 0.491 e. The lowest BCUT2D eigenvalue weighted by Gasteiger charge is -2.13. The molecule has 1 fully saturated rings. The van der Waals surface area contributed by atoms with Crippen molar-refractivity contribution < 1.29 is 9.84 Å². The van der Waals surface area contributed by atoms with Crippen LogP contribution in [0.4, 0.5) is 0 Å². The number of aliphatic hydroxyl groups is 1. The first kappa shape index (κ1) is 18.5. The molecule has 1 N–H and O–H groups in total. The van der Waals surface area contributed by atoms with Crippen LogP contribution in [-0.4, -0.2) is 38.3 Å². The molecule has 1 saturated carbocycles. The van der Waals surface area contributed by atoms with E-state index in [-0.39, 0.29) is 6.61 Å². The zero-order valence-corrected chi connectivity index (χ0v) is 17.1. The lowest BCUT2D eigenvalue weighted by Crippen LogP contribution is -2.20. The Labute approximate surface area is 170 Å². The molecule has 7 heteroatoms. The van der Waals surface area contributed by atoms with Gasteiger partial charge in [-0.25, -0.2) is 0 Å². The number of hydrogen-bond donors (Lipinski definition) is 1. The number of thioether (sulfide) groups is 1. The first-order chi connectivity index (χ1) is 13.2. The van der Waals surface area contributed by atoms with Gasteiger partial charge in [-0.1, -0.05) is 45.9 Å². The molecule has 0 aliphatic heterocycles. The highest BCUT2D eigenvalue weighted by Crippen LogP contribution is 2.41. The molecule has 1 aromatic heterocycles. The fourth-order valence-corrected chi connectivity index (χ4v) is 3.87. The molecule has 2 aromatic carbocycles. The summed E-state index contributed by atoms with van der Waals surface area (Å²) in [5, 5.41) is 19.9. The Balaban J connectivity index is 1.40. The molecule has 3 aromatic rings. The summed E-state index contributed by atoms with van der Waals surface area (Å²) >= 11 is 4.90. The third-order valence-corrected chi connectivity index (χ3v) is 5.88. The van der Waals surface area contributed by atoms with Crippen LogP contribution in [0.3, 0.4) is 0 Å². The molecule has 4 rings (SSSR count). The summed E-state index contributed by atoms with van der Waals surface area (Å²) in [4.78, 5) is 0. The molecule has 1 aliphatic rings. The Bertz CT molecular complexity index is 882. The van der Waals surface area contributed by atoms with E-state index < -0.39 is 6.10 Å². The molecule has 0 radical (unpaired) electrons. The van der Waals surface area contributed by atoms with Crippen molar-refractivity contribution in [3.8, 4) is 11.4 Å². The van der Waals surface area contributed by atoms with Crippen LogP contribution in [0.5, 0.6) is 5.75 Å². The standard InChI is InChI=1S/C20H20BrN3O2S/c21-15-8-10-18(11-9-15)26-12-17(25)13-27-20-23-22-19(14-6-7-14)24(20)16-4-2-1-3-5-16/h1-5,8-11,14,17,25H,6-7,12-13H2. The van der Waals surface area contributed by atoms with Crippen LogP contribution in [0.2, 0.25) is 0 Å². The van der Waals surface area contributed by atoms with Crippen molar-refractivity contribution in [2.24, 2.45) is 0 Å². The van der Waals surface area contributed by atoms with Crippen molar-refractivity contribution in [2.75, 3.05) is 12.4 Å². The van der Waals surface area contributed by atoms with E-state index >= 15 is 0 Å². The smallest absolute Gasteiger partial charge is 0.195 e. The van der Waals surface area contributed by atoms with Crippen LogP contribution >= 0.6 is 27.7 Å². The Morgan fingerprint density at radius 3 is 2.56 bits per heavy atom. The average molecular weight is 446 g/mol. The molecular formula is C20H20BrN3O2S. The highest BCUT2D eigenvalue weighted by Gasteiger charge is 2.31. The van der Waals surface area contributed by atoms with Crippen LogP contribution in [-0.2, 0) is 0 Å². The minimum Gasteiger partial charge on any atom is -0.491 e. The summed E-state index contributed by atoms with van der Waals surface area (Å²) in [5.41, 5.74) is 1.06. The van der Waals surface area contributed by atoms with Gasteiger partial charge >= 0.3 is 0 Å². The molecular weight excluding hydrogens is 426 g/mol. The predicted molar refractivity (Wildman–Crippen MR) is 110 cm³/mol. The van der Waals surface area contributed by atoms with Crippen LogP contribution in [0.25, 0.3) is 5.69 Å². The SMILES string of the molecule is OC(COc1ccc(Br)cc1)CSc1nnc(C2CC2)n1-c1ccccc1. The number of halogens is 1. The Hall–Kier alpha value is -1.83. The number of aromatic nitrogens is 3. The van der Waals surface area contributed by atoms with E-state index in [9.17, 15) is 5.11 Å². The molecule has 1 heterocycles. The second kappa shape index (κ2) is 8.46. The minimum absolute atomic E-state index is 0.240. The molecule has 0 bridgehead atoms. The van der Waals surface area contributed by atoms with Gasteiger partial charge in [0.15, 0.2) is 5.16 Å². The zero-order valence-electron chi connectivity index (χ0n) is 14.7. The van der Waals surface area contributed by atoms with E-state index in [0.29, 0.717) is 11.7 Å². The summed E-state index contributed by atoms with van der Waals surface area (Å²) in [6, 6.07) is 17.7. The number of para-hydroxylation sites is 1. The van der Waals surface area contributed by atoms with Crippen molar-refractivity contribution >= 4 is 27.7 Å². The monoisotopic (exact) mass is 445 g/mol. The van der Waals surface area contributed by atoms with Crippen molar-refractivity contribution in [3.05, 3.63) is 64.9 Å². The second-order valence-electron chi connectivity index (χ2n) is 6.52. The number of nitrogens with zero attached hydrogens (tertiary/aromatic N) is 3. The van der Waals surface area contributed by atoms with Crippen LogP contribution in [0.1, 0.15) is 24.6 Å². The summed E-state index contributed by atoms with van der Waals surface area (Å²) in [6.07, 6.45) is 1.74. The van der Waals surface area contributed by atoms with Crippen molar-refractivity contribution in [1.29, 1.82) is 0 Å². The fraction of sp³-hybridized carbons (Fsp3) is 0.300. The number of hydrogen-bond acceptors (Lipinski definition) is 5. The topological polar surface area (TPSA) is 60.2 Å². The number of aliphatic hydroxyl groups excluding tert-OH is 1. The van der Waals surface area contributed by atoms with E-state index in [1.165, 1.54) is 24.6 Å². The fourth-order valence-electron chi connectivity index (χ4n) is 2.74. The van der Waals surface area contributed by atoms with Crippen LogP contribution in [0, 0.1) is 0 Å². The quantitative estimate of drug-likeness (QED) is 0.519. The van der Waals surface area contributed by atoms with E-state index in [1.54, 1.807) is 0 Å². The first-order valence-electron chi connectivity index (χ1n) is 8.90. The van der Waals surface area contributed by atoms with Gasteiger partial charge in [0.1, 0.15) is 18.2 Å². The van der Waals surface area contributed by atoms with Crippen molar-refractivity contribution in [3.63, 3.8) is 0 Å². The van der Waals surface area contributed by atoms with Gasteiger partial charge in [0.2, 0.25) is 0 Å². The van der Waals surface area contributed by atoms with Crippen molar-refractivity contribution in [1.82, 2.24) is 14.8 Å². The van der Waals surface area contributed by atoms with E-state index in [4.69, 9.17) is 4.74 Å². The van der Waals surface area contributed by atoms with Gasteiger partial charge in [0.05, 0.1) is 6.10 Å². The van der Waals surface area contributed by atoms with E-state index in [2.05, 4.69) is 42.8 Å². The van der Waals surface area contributed by atoms with Gasteiger partial charge in [0, 0.05) is 21.8 Å². The molecule has 1 aliphatic carbocycles. The number of benzene rings is 2. The predicted octanol–water partition coefficient (Wildman–Crippen LogP) is 4.44. The zero-order chi connectivity index (χ0) is 18.6. The van der Waals surface area contributed by atoms with Gasteiger partial charge in [-0.2, -0.15) is 0 Å². The van der Waals surface area contributed by atoms with E-state index in [1.807, 2.05) is 42.5 Å². The van der Waals surface area contributed by atoms with Gasteiger partial charge in [-0.05, 0) is 49.2 Å². The van der Waals surface area contributed by atoms with Gasteiger partial charge < -0.3 is 9.84 Å². The normalized spacial score (nSPS) is 14.9. The number of rotatable bonds is 8. The summed E-state index contributed by atoms with van der Waals surface area (Å²) in [6.45, 7) is 0.240. The summed E-state index contributed by atoms with van der Waals surface area (Å²) in [7, 11) is 0. The van der Waals surface area contributed by atoms with Crippen molar-refractivity contribution in [2.45, 2.75) is 30.0 Å². The lowest BCUT2D eigenvalue weighted by atomic mass is 10.3. The first-order valence-corrected chi connectivity index (χ1v) is 10.7. The highest BCUT2D eigenvalue weighted by atomic mass is 79.9. The van der Waals surface area contributed by atoms with Gasteiger partial charge in [0.25, 0.3) is 0 Å². The maximum absolute atomic E-state index is 10.3. The second-order valence-corrected chi connectivity index (χ2v) is 8.42. The summed E-state index contributed by atoms with van der Waals surface area (Å²) < 4.78 is 8.77. The minimum atomic E-state index is -0.594. The lowest BCUT2D eigenvalue weighted by molar-refractivity contribution is 0.126. The maximum atomic E-state index is 10.3. The van der Waals surface area contributed by atoms with Gasteiger partial charge in [-0.15, -0.1) is 10.2 Å². The molecule has 140 valence electrons. The molecule has 5 nitrogen and oxygen atoms in total. The third-order valence-electron chi connectivity index (χ3n) is 4.28. The van der Waals surface area contributed by atoms with Gasteiger partial charge in [-0.3, -0.25) is 4.57 Å². The molecule has 0 spiro atoms. The Morgan fingerprint density at radius 2 is 1.85 bits per heavy atom. The Morgan fingerprint density at radius 1 is 1.11 bits per heavy atom. The molecule has 1 atom stereocenters. The molecule has 0 saturated heterocycles. The molecule has 1 unspecified atom stereocenters. The number of ether oxygens (including phenoxy) is 1. The van der Waals surface area contributed by atoms with Crippen LogP contribution < -0.4 is 4.74 Å². The van der Waals surface area contributed by atoms with E-state index in [0.717, 1.165) is 26.9 Å². The molecule has 0 amide bonds. The highest BCUT2D eigenvalue weighted by molar-refractivity contribution is 9.10. The average Bonchev–Trinajstić information content (AvgIpc) is 3.46. The molecule has 27 heavy (non-hydrogen) atoms. The summed E-state index contributed by atoms with van der Waals surface area (Å²) in [5.74, 6) is 2.75. The Kier molecular flexibility index (Phi) is 5.80. The van der Waals surface area contributed by atoms with Crippen LogP contribution in [0.15, 0.2) is 64.2 Å². The third kappa shape index (κ3) is 4.72.